The van der Waals surface area contributed by atoms with Crippen molar-refractivity contribution in [3.8, 4) is 22.4 Å². The lowest BCUT2D eigenvalue weighted by Gasteiger charge is -2.07. The topological polar surface area (TPSA) is 50.2 Å². The van der Waals surface area contributed by atoms with E-state index in [4.69, 9.17) is 5.11 Å². The summed E-state index contributed by atoms with van der Waals surface area (Å²) in [5.41, 5.74) is 2.34. The molecule has 4 heteroatoms. The van der Waals surface area contributed by atoms with Gasteiger partial charge < -0.3 is 5.11 Å². The van der Waals surface area contributed by atoms with Gasteiger partial charge in [-0.2, -0.15) is 0 Å². The minimum Gasteiger partial charge on any atom is -0.478 e. The smallest absolute Gasteiger partial charge is 0.335 e. The second-order valence-corrected chi connectivity index (χ2v) is 4.80. The molecule has 0 bridgehead atoms. The van der Waals surface area contributed by atoms with Crippen molar-refractivity contribution in [3.05, 3.63) is 78.2 Å². The molecule has 0 aliphatic rings. The monoisotopic (exact) mass is 293 g/mol. The molecule has 0 fully saturated rings. The first kappa shape index (κ1) is 13.9. The lowest BCUT2D eigenvalue weighted by molar-refractivity contribution is 0.0697. The highest BCUT2D eigenvalue weighted by Crippen LogP contribution is 2.27. The van der Waals surface area contributed by atoms with Crippen LogP contribution in [-0.2, 0) is 0 Å². The molecule has 0 radical (unpaired) electrons. The molecule has 3 aromatic rings. The predicted molar refractivity (Wildman–Crippen MR) is 82.0 cm³/mol. The second-order valence-electron chi connectivity index (χ2n) is 4.80. The molecular weight excluding hydrogens is 281 g/mol. The number of halogens is 1. The molecule has 22 heavy (non-hydrogen) atoms. The van der Waals surface area contributed by atoms with Crippen LogP contribution in [0.5, 0.6) is 0 Å². The number of carboxylic acid groups (broad SMARTS) is 1. The maximum Gasteiger partial charge on any atom is 0.335 e. The van der Waals surface area contributed by atoms with Gasteiger partial charge in [0.05, 0.1) is 11.3 Å². The largest absolute Gasteiger partial charge is 0.478 e. The zero-order chi connectivity index (χ0) is 15.5. The van der Waals surface area contributed by atoms with Crippen LogP contribution in [0.4, 0.5) is 4.39 Å². The van der Waals surface area contributed by atoms with E-state index >= 15 is 0 Å². The first-order chi connectivity index (χ1) is 10.6. The standard InChI is InChI=1S/C18H12FNO2/c19-16-10-13(12-4-2-1-3-5-12)6-7-15(16)17-11-14(18(21)22)8-9-20-17/h1-11H,(H,21,22). The van der Waals surface area contributed by atoms with Crippen LogP contribution in [-0.4, -0.2) is 16.1 Å². The van der Waals surface area contributed by atoms with Crippen molar-refractivity contribution in [1.82, 2.24) is 4.98 Å². The normalized spacial score (nSPS) is 10.4. The molecule has 0 spiro atoms. The molecule has 0 atom stereocenters. The number of aromatic carboxylic acids is 1. The Balaban J connectivity index is 2.03. The van der Waals surface area contributed by atoms with Gasteiger partial charge in [-0.05, 0) is 35.4 Å². The van der Waals surface area contributed by atoms with E-state index in [2.05, 4.69) is 4.98 Å². The summed E-state index contributed by atoms with van der Waals surface area (Å²) in [5, 5.41) is 9.00. The summed E-state index contributed by atoms with van der Waals surface area (Å²) in [5.74, 6) is -1.50. The van der Waals surface area contributed by atoms with E-state index in [1.807, 2.05) is 30.3 Å². The number of carboxylic acids is 1. The van der Waals surface area contributed by atoms with Crippen LogP contribution in [0, 0.1) is 5.82 Å². The Morgan fingerprint density at radius 1 is 0.955 bits per heavy atom. The summed E-state index contributed by atoms with van der Waals surface area (Å²) < 4.78 is 14.4. The average Bonchev–Trinajstić information content (AvgIpc) is 2.55. The highest BCUT2D eigenvalue weighted by Gasteiger charge is 2.11. The predicted octanol–water partition coefficient (Wildman–Crippen LogP) is 4.25. The van der Waals surface area contributed by atoms with Gasteiger partial charge in [-0.3, -0.25) is 4.98 Å². The summed E-state index contributed by atoms with van der Waals surface area (Å²) in [6.45, 7) is 0. The number of pyridine rings is 1. The molecule has 0 saturated heterocycles. The third kappa shape index (κ3) is 2.72. The van der Waals surface area contributed by atoms with Crippen LogP contribution in [0.1, 0.15) is 10.4 Å². The number of hydrogen-bond donors (Lipinski definition) is 1. The summed E-state index contributed by atoms with van der Waals surface area (Å²) >= 11 is 0. The van der Waals surface area contributed by atoms with E-state index in [0.717, 1.165) is 11.1 Å². The minimum absolute atomic E-state index is 0.0801. The average molecular weight is 293 g/mol. The Bertz CT molecular complexity index is 832. The maximum atomic E-state index is 14.4. The lowest BCUT2D eigenvalue weighted by atomic mass is 10.0. The molecule has 1 aromatic heterocycles. The van der Waals surface area contributed by atoms with Crippen molar-refractivity contribution >= 4 is 5.97 Å². The summed E-state index contributed by atoms with van der Waals surface area (Å²) in [6.07, 6.45) is 1.36. The van der Waals surface area contributed by atoms with Gasteiger partial charge in [0.25, 0.3) is 0 Å². The SMILES string of the molecule is O=C(O)c1ccnc(-c2ccc(-c3ccccc3)cc2F)c1. The minimum atomic E-state index is -1.06. The van der Waals surface area contributed by atoms with Crippen LogP contribution in [0.15, 0.2) is 66.9 Å². The number of hydrogen-bond acceptors (Lipinski definition) is 2. The maximum absolute atomic E-state index is 14.4. The van der Waals surface area contributed by atoms with Gasteiger partial charge in [-0.1, -0.05) is 36.4 Å². The highest BCUT2D eigenvalue weighted by atomic mass is 19.1. The Labute approximate surface area is 126 Å². The van der Waals surface area contributed by atoms with Crippen molar-refractivity contribution < 1.29 is 14.3 Å². The molecule has 0 unspecified atom stereocenters. The molecule has 1 N–H and O–H groups in total. The summed E-state index contributed by atoms with van der Waals surface area (Å²) in [7, 11) is 0. The summed E-state index contributed by atoms with van der Waals surface area (Å²) in [4.78, 5) is 15.0. The van der Waals surface area contributed by atoms with Gasteiger partial charge in [0, 0.05) is 11.8 Å². The van der Waals surface area contributed by atoms with Crippen LogP contribution >= 0.6 is 0 Å². The second kappa shape index (κ2) is 5.77. The molecule has 0 aliphatic heterocycles. The molecule has 0 saturated carbocycles. The fraction of sp³-hybridized carbons (Fsp3) is 0. The fourth-order valence-corrected chi connectivity index (χ4v) is 2.24. The molecule has 3 rings (SSSR count). The Hall–Kier alpha value is -3.01. The summed E-state index contributed by atoms with van der Waals surface area (Å²) in [6, 6.07) is 17.1. The Morgan fingerprint density at radius 3 is 2.41 bits per heavy atom. The van der Waals surface area contributed by atoms with E-state index < -0.39 is 11.8 Å². The van der Waals surface area contributed by atoms with Crippen molar-refractivity contribution in [2.24, 2.45) is 0 Å². The Kier molecular flexibility index (Phi) is 3.66. The first-order valence-electron chi connectivity index (χ1n) is 6.70. The lowest BCUT2D eigenvalue weighted by Crippen LogP contribution is -1.98. The van der Waals surface area contributed by atoms with E-state index in [-0.39, 0.29) is 11.1 Å². The van der Waals surface area contributed by atoms with Crippen LogP contribution in [0.2, 0.25) is 0 Å². The quantitative estimate of drug-likeness (QED) is 0.785. The number of carbonyl (C=O) groups is 1. The number of aromatic nitrogens is 1. The first-order valence-corrected chi connectivity index (χ1v) is 6.70. The van der Waals surface area contributed by atoms with Crippen LogP contribution < -0.4 is 0 Å². The van der Waals surface area contributed by atoms with Gasteiger partial charge in [0.2, 0.25) is 0 Å². The fourth-order valence-electron chi connectivity index (χ4n) is 2.24. The van der Waals surface area contributed by atoms with E-state index in [9.17, 15) is 9.18 Å². The number of rotatable bonds is 3. The molecule has 108 valence electrons. The van der Waals surface area contributed by atoms with Crippen molar-refractivity contribution in [2.75, 3.05) is 0 Å². The molecule has 3 nitrogen and oxygen atoms in total. The molecular formula is C18H12FNO2. The van der Waals surface area contributed by atoms with Crippen LogP contribution in [0.25, 0.3) is 22.4 Å². The van der Waals surface area contributed by atoms with Crippen molar-refractivity contribution in [2.45, 2.75) is 0 Å². The van der Waals surface area contributed by atoms with E-state index in [1.165, 1.54) is 24.4 Å². The molecule has 0 aliphatic carbocycles. The Morgan fingerprint density at radius 2 is 1.73 bits per heavy atom. The number of benzene rings is 2. The molecule has 2 aromatic carbocycles. The van der Waals surface area contributed by atoms with Crippen molar-refractivity contribution in [3.63, 3.8) is 0 Å². The molecule has 0 amide bonds. The van der Waals surface area contributed by atoms with Gasteiger partial charge in [0.15, 0.2) is 0 Å². The van der Waals surface area contributed by atoms with E-state index in [0.29, 0.717) is 5.69 Å². The highest BCUT2D eigenvalue weighted by molar-refractivity contribution is 5.88. The number of nitrogens with zero attached hydrogens (tertiary/aromatic N) is 1. The third-order valence-corrected chi connectivity index (χ3v) is 3.36. The van der Waals surface area contributed by atoms with Gasteiger partial charge in [0.1, 0.15) is 5.82 Å². The van der Waals surface area contributed by atoms with Crippen LogP contribution in [0.3, 0.4) is 0 Å². The van der Waals surface area contributed by atoms with Gasteiger partial charge >= 0.3 is 5.97 Å². The zero-order valence-electron chi connectivity index (χ0n) is 11.5. The zero-order valence-corrected chi connectivity index (χ0v) is 11.5. The van der Waals surface area contributed by atoms with E-state index in [1.54, 1.807) is 12.1 Å². The molecule has 1 heterocycles. The van der Waals surface area contributed by atoms with Gasteiger partial charge in [-0.25, -0.2) is 9.18 Å². The van der Waals surface area contributed by atoms with Crippen molar-refractivity contribution in [1.29, 1.82) is 0 Å². The van der Waals surface area contributed by atoms with Gasteiger partial charge in [-0.15, -0.1) is 0 Å². The third-order valence-electron chi connectivity index (χ3n) is 3.36.